The van der Waals surface area contributed by atoms with Crippen LogP contribution in [-0.2, 0) is 0 Å². The quantitative estimate of drug-likeness (QED) is 0.770. The second-order valence-electron chi connectivity index (χ2n) is 3.52. The maximum Gasteiger partial charge on any atom is 0.221 e. The molecule has 0 saturated carbocycles. The first-order valence-corrected chi connectivity index (χ1v) is 4.98. The lowest BCUT2D eigenvalue weighted by Gasteiger charge is -2.07. The molecule has 0 aliphatic carbocycles. The van der Waals surface area contributed by atoms with Crippen molar-refractivity contribution >= 4 is 0 Å². The number of ether oxygens (including phenoxy) is 1. The number of halogens is 1. The minimum absolute atomic E-state index is 0.202. The van der Waals surface area contributed by atoms with Gasteiger partial charge in [0.05, 0.1) is 7.11 Å². The maximum atomic E-state index is 13.1. The standard InChI is InChI=1S/C13H12FNO/c1-9-8-10(5-6-12(9)14)11-4-3-7-15-13(11)16-2/h3-8H,1-2H3. The van der Waals surface area contributed by atoms with Crippen LogP contribution in [0.2, 0.25) is 0 Å². The number of hydrogen-bond acceptors (Lipinski definition) is 2. The molecule has 16 heavy (non-hydrogen) atoms. The van der Waals surface area contributed by atoms with Gasteiger partial charge in [-0.05, 0) is 42.3 Å². The molecule has 0 bridgehead atoms. The van der Waals surface area contributed by atoms with E-state index in [0.717, 1.165) is 11.1 Å². The van der Waals surface area contributed by atoms with Crippen LogP contribution in [0.1, 0.15) is 5.56 Å². The van der Waals surface area contributed by atoms with Gasteiger partial charge in [0.25, 0.3) is 0 Å². The van der Waals surface area contributed by atoms with E-state index < -0.39 is 0 Å². The van der Waals surface area contributed by atoms with E-state index in [4.69, 9.17) is 4.74 Å². The van der Waals surface area contributed by atoms with Crippen molar-refractivity contribution in [2.45, 2.75) is 6.92 Å². The zero-order chi connectivity index (χ0) is 11.5. The van der Waals surface area contributed by atoms with Crippen molar-refractivity contribution in [3.8, 4) is 17.0 Å². The lowest BCUT2D eigenvalue weighted by Crippen LogP contribution is -1.91. The molecule has 2 nitrogen and oxygen atoms in total. The van der Waals surface area contributed by atoms with Crippen LogP contribution in [0.15, 0.2) is 36.5 Å². The summed E-state index contributed by atoms with van der Waals surface area (Å²) in [4.78, 5) is 4.11. The lowest BCUT2D eigenvalue weighted by molar-refractivity contribution is 0.399. The van der Waals surface area contributed by atoms with Crippen LogP contribution >= 0.6 is 0 Å². The van der Waals surface area contributed by atoms with Crippen molar-refractivity contribution in [1.82, 2.24) is 4.98 Å². The Morgan fingerprint density at radius 1 is 1.25 bits per heavy atom. The third-order valence-corrected chi connectivity index (χ3v) is 2.43. The van der Waals surface area contributed by atoms with E-state index in [2.05, 4.69) is 4.98 Å². The lowest BCUT2D eigenvalue weighted by atomic mass is 10.0. The molecule has 1 heterocycles. The van der Waals surface area contributed by atoms with Gasteiger partial charge in [-0.15, -0.1) is 0 Å². The molecule has 2 rings (SSSR count). The van der Waals surface area contributed by atoms with Gasteiger partial charge in [0.2, 0.25) is 5.88 Å². The van der Waals surface area contributed by atoms with Crippen molar-refractivity contribution < 1.29 is 9.13 Å². The number of nitrogens with zero attached hydrogens (tertiary/aromatic N) is 1. The van der Waals surface area contributed by atoms with Crippen molar-refractivity contribution in [3.63, 3.8) is 0 Å². The summed E-state index contributed by atoms with van der Waals surface area (Å²) in [5.41, 5.74) is 2.39. The van der Waals surface area contributed by atoms with Gasteiger partial charge in [-0.25, -0.2) is 9.37 Å². The molecule has 1 aromatic heterocycles. The first-order chi connectivity index (χ1) is 7.72. The molecule has 0 radical (unpaired) electrons. The molecule has 0 aliphatic rings. The van der Waals surface area contributed by atoms with Gasteiger partial charge in [0.15, 0.2) is 0 Å². The molecular weight excluding hydrogens is 205 g/mol. The van der Waals surface area contributed by atoms with E-state index in [9.17, 15) is 4.39 Å². The van der Waals surface area contributed by atoms with E-state index in [1.54, 1.807) is 32.4 Å². The number of aromatic nitrogens is 1. The smallest absolute Gasteiger partial charge is 0.221 e. The van der Waals surface area contributed by atoms with Crippen molar-refractivity contribution in [1.29, 1.82) is 0 Å². The van der Waals surface area contributed by atoms with E-state index in [1.165, 1.54) is 6.07 Å². The molecule has 0 amide bonds. The molecule has 0 unspecified atom stereocenters. The fourth-order valence-corrected chi connectivity index (χ4v) is 1.59. The largest absolute Gasteiger partial charge is 0.481 e. The second-order valence-corrected chi connectivity index (χ2v) is 3.52. The molecule has 0 spiro atoms. The Bertz CT molecular complexity index is 511. The van der Waals surface area contributed by atoms with Gasteiger partial charge in [-0.1, -0.05) is 6.07 Å². The van der Waals surface area contributed by atoms with Crippen LogP contribution in [-0.4, -0.2) is 12.1 Å². The Morgan fingerprint density at radius 3 is 2.75 bits per heavy atom. The molecule has 0 fully saturated rings. The van der Waals surface area contributed by atoms with Crippen LogP contribution < -0.4 is 4.74 Å². The van der Waals surface area contributed by atoms with Gasteiger partial charge >= 0.3 is 0 Å². The summed E-state index contributed by atoms with van der Waals surface area (Å²) in [6.07, 6.45) is 1.67. The molecular formula is C13H12FNO. The minimum Gasteiger partial charge on any atom is -0.481 e. The molecule has 3 heteroatoms. The number of benzene rings is 1. The topological polar surface area (TPSA) is 22.1 Å². The normalized spacial score (nSPS) is 10.2. The van der Waals surface area contributed by atoms with Gasteiger partial charge in [-0.2, -0.15) is 0 Å². The van der Waals surface area contributed by atoms with Crippen molar-refractivity contribution in [2.24, 2.45) is 0 Å². The van der Waals surface area contributed by atoms with Crippen LogP contribution in [0, 0.1) is 12.7 Å². The average molecular weight is 217 g/mol. The Hall–Kier alpha value is -1.90. The average Bonchev–Trinajstić information content (AvgIpc) is 2.32. The van der Waals surface area contributed by atoms with Crippen LogP contribution in [0.4, 0.5) is 4.39 Å². The fourth-order valence-electron chi connectivity index (χ4n) is 1.59. The van der Waals surface area contributed by atoms with Crippen LogP contribution in [0.5, 0.6) is 5.88 Å². The predicted octanol–water partition coefficient (Wildman–Crippen LogP) is 3.20. The molecule has 2 aromatic rings. The van der Waals surface area contributed by atoms with Gasteiger partial charge < -0.3 is 4.74 Å². The number of pyridine rings is 1. The summed E-state index contributed by atoms with van der Waals surface area (Å²) in [5, 5.41) is 0. The highest BCUT2D eigenvalue weighted by Gasteiger charge is 2.07. The SMILES string of the molecule is COc1ncccc1-c1ccc(F)c(C)c1. The summed E-state index contributed by atoms with van der Waals surface area (Å²) >= 11 is 0. The van der Waals surface area contributed by atoms with Gasteiger partial charge in [0, 0.05) is 11.8 Å². The number of hydrogen-bond donors (Lipinski definition) is 0. The zero-order valence-electron chi connectivity index (χ0n) is 9.20. The predicted molar refractivity (Wildman–Crippen MR) is 60.9 cm³/mol. The second kappa shape index (κ2) is 4.31. The summed E-state index contributed by atoms with van der Waals surface area (Å²) < 4.78 is 18.3. The number of aryl methyl sites for hydroxylation is 1. The van der Waals surface area contributed by atoms with E-state index in [-0.39, 0.29) is 5.82 Å². The first-order valence-electron chi connectivity index (χ1n) is 4.98. The van der Waals surface area contributed by atoms with Crippen LogP contribution in [0.3, 0.4) is 0 Å². The highest BCUT2D eigenvalue weighted by Crippen LogP contribution is 2.28. The summed E-state index contributed by atoms with van der Waals surface area (Å²) in [7, 11) is 1.57. The van der Waals surface area contributed by atoms with Crippen molar-refractivity contribution in [3.05, 3.63) is 47.9 Å². The van der Waals surface area contributed by atoms with E-state index in [1.807, 2.05) is 12.1 Å². The van der Waals surface area contributed by atoms with Crippen LogP contribution in [0.25, 0.3) is 11.1 Å². The maximum absolute atomic E-state index is 13.1. The summed E-state index contributed by atoms with van der Waals surface area (Å²) in [5.74, 6) is 0.347. The Morgan fingerprint density at radius 2 is 2.06 bits per heavy atom. The number of rotatable bonds is 2. The highest BCUT2D eigenvalue weighted by molar-refractivity contribution is 5.68. The Kier molecular flexibility index (Phi) is 2.86. The molecule has 0 aliphatic heterocycles. The van der Waals surface area contributed by atoms with E-state index >= 15 is 0 Å². The molecule has 0 atom stereocenters. The van der Waals surface area contributed by atoms with Gasteiger partial charge in [-0.3, -0.25) is 0 Å². The third kappa shape index (κ3) is 1.89. The minimum atomic E-state index is -0.202. The Labute approximate surface area is 93.7 Å². The summed E-state index contributed by atoms with van der Waals surface area (Å²) in [6, 6.07) is 8.70. The first kappa shape index (κ1) is 10.6. The molecule has 1 aromatic carbocycles. The molecule has 0 saturated heterocycles. The fraction of sp³-hybridized carbons (Fsp3) is 0.154. The summed E-state index contributed by atoms with van der Waals surface area (Å²) in [6.45, 7) is 1.74. The third-order valence-electron chi connectivity index (χ3n) is 2.43. The zero-order valence-corrected chi connectivity index (χ0v) is 9.20. The van der Waals surface area contributed by atoms with E-state index in [0.29, 0.717) is 11.4 Å². The van der Waals surface area contributed by atoms with Crippen molar-refractivity contribution in [2.75, 3.05) is 7.11 Å². The molecule has 0 N–H and O–H groups in total. The monoisotopic (exact) mass is 217 g/mol. The highest BCUT2D eigenvalue weighted by atomic mass is 19.1. The van der Waals surface area contributed by atoms with Gasteiger partial charge in [0.1, 0.15) is 5.82 Å². The number of methoxy groups -OCH3 is 1. The molecule has 82 valence electrons. The Balaban J connectivity index is 2.54.